The van der Waals surface area contributed by atoms with Crippen LogP contribution in [0.1, 0.15) is 55.0 Å². The van der Waals surface area contributed by atoms with Gasteiger partial charge in [0, 0.05) is 11.5 Å². The van der Waals surface area contributed by atoms with Crippen LogP contribution in [0.15, 0.2) is 22.7 Å². The van der Waals surface area contributed by atoms with Gasteiger partial charge in [0.2, 0.25) is 11.7 Å². The van der Waals surface area contributed by atoms with Crippen LogP contribution in [-0.4, -0.2) is 15.2 Å². The third kappa shape index (κ3) is 2.61. The fourth-order valence-corrected chi connectivity index (χ4v) is 2.93. The Labute approximate surface area is 118 Å². The van der Waals surface area contributed by atoms with Crippen molar-refractivity contribution in [1.29, 1.82) is 0 Å². The van der Waals surface area contributed by atoms with Crippen LogP contribution in [0, 0.1) is 6.92 Å². The molecule has 1 aliphatic rings. The number of hydrogen-bond donors (Lipinski definition) is 1. The van der Waals surface area contributed by atoms with Gasteiger partial charge in [-0.25, -0.2) is 0 Å². The van der Waals surface area contributed by atoms with Crippen LogP contribution < -0.4 is 0 Å². The zero-order chi connectivity index (χ0) is 13.9. The first-order chi connectivity index (χ1) is 9.78. The van der Waals surface area contributed by atoms with Gasteiger partial charge in [0.25, 0.3) is 0 Å². The molecule has 1 saturated carbocycles. The molecule has 1 aromatic carbocycles. The number of aliphatic hydroxyl groups is 1. The van der Waals surface area contributed by atoms with E-state index in [9.17, 15) is 0 Å². The molecule has 20 heavy (non-hydrogen) atoms. The first kappa shape index (κ1) is 13.3. The summed E-state index contributed by atoms with van der Waals surface area (Å²) < 4.78 is 5.46. The van der Waals surface area contributed by atoms with Gasteiger partial charge >= 0.3 is 0 Å². The minimum atomic E-state index is 0.0562. The molecule has 1 fully saturated rings. The van der Waals surface area contributed by atoms with Gasteiger partial charge in [0.15, 0.2) is 0 Å². The van der Waals surface area contributed by atoms with E-state index in [4.69, 9.17) is 9.63 Å². The van der Waals surface area contributed by atoms with Gasteiger partial charge in [-0.3, -0.25) is 0 Å². The highest BCUT2D eigenvalue weighted by molar-refractivity contribution is 5.60. The third-order valence-electron chi connectivity index (χ3n) is 4.11. The van der Waals surface area contributed by atoms with E-state index in [0.29, 0.717) is 11.7 Å². The van der Waals surface area contributed by atoms with E-state index in [1.165, 1.54) is 19.3 Å². The first-order valence-electron chi connectivity index (χ1n) is 7.32. The van der Waals surface area contributed by atoms with Crippen LogP contribution in [0.3, 0.4) is 0 Å². The standard InChI is InChI=1S/C16H20N2O2/c1-11-9-12(10-19)7-8-14(11)15-17-16(20-18-15)13-5-3-2-4-6-13/h7-9,13,19H,2-6,10H2,1H3. The molecule has 1 heterocycles. The highest BCUT2D eigenvalue weighted by Crippen LogP contribution is 2.33. The Morgan fingerprint density at radius 2 is 2.05 bits per heavy atom. The second-order valence-corrected chi connectivity index (χ2v) is 5.60. The SMILES string of the molecule is Cc1cc(CO)ccc1-c1noc(C2CCCCC2)n1. The molecule has 0 amide bonds. The molecule has 106 valence electrons. The summed E-state index contributed by atoms with van der Waals surface area (Å²) in [5.74, 6) is 1.87. The fourth-order valence-electron chi connectivity index (χ4n) is 2.93. The molecule has 1 N–H and O–H groups in total. The van der Waals surface area contributed by atoms with Crippen LogP contribution in [0.2, 0.25) is 0 Å². The lowest BCUT2D eigenvalue weighted by Crippen LogP contribution is -2.04. The van der Waals surface area contributed by atoms with Crippen molar-refractivity contribution in [2.45, 2.75) is 51.6 Å². The zero-order valence-corrected chi connectivity index (χ0v) is 11.8. The minimum Gasteiger partial charge on any atom is -0.392 e. The van der Waals surface area contributed by atoms with Gasteiger partial charge in [-0.1, -0.05) is 42.6 Å². The summed E-state index contributed by atoms with van der Waals surface area (Å²) in [4.78, 5) is 4.58. The van der Waals surface area contributed by atoms with Crippen molar-refractivity contribution < 1.29 is 9.63 Å². The summed E-state index contributed by atoms with van der Waals surface area (Å²) in [5.41, 5.74) is 2.95. The predicted octanol–water partition coefficient (Wildman–Crippen LogP) is 3.59. The van der Waals surface area contributed by atoms with Gasteiger partial charge in [-0.05, 0) is 30.9 Å². The predicted molar refractivity (Wildman–Crippen MR) is 76.2 cm³/mol. The van der Waals surface area contributed by atoms with E-state index in [1.54, 1.807) is 0 Å². The van der Waals surface area contributed by atoms with Gasteiger partial charge in [0.1, 0.15) is 0 Å². The van der Waals surface area contributed by atoms with E-state index in [1.807, 2.05) is 25.1 Å². The molecule has 0 aliphatic heterocycles. The Morgan fingerprint density at radius 3 is 2.75 bits per heavy atom. The number of rotatable bonds is 3. The fraction of sp³-hybridized carbons (Fsp3) is 0.500. The lowest BCUT2D eigenvalue weighted by atomic mass is 9.89. The molecular weight excluding hydrogens is 252 g/mol. The van der Waals surface area contributed by atoms with Crippen molar-refractivity contribution in [1.82, 2.24) is 10.1 Å². The van der Waals surface area contributed by atoms with E-state index in [-0.39, 0.29) is 6.61 Å². The number of nitrogens with zero attached hydrogens (tertiary/aromatic N) is 2. The topological polar surface area (TPSA) is 59.2 Å². The van der Waals surface area contributed by atoms with Crippen LogP contribution in [-0.2, 0) is 6.61 Å². The van der Waals surface area contributed by atoms with Crippen molar-refractivity contribution in [3.63, 3.8) is 0 Å². The number of aryl methyl sites for hydroxylation is 1. The highest BCUT2D eigenvalue weighted by Gasteiger charge is 2.22. The molecule has 2 aromatic rings. The molecule has 1 aromatic heterocycles. The summed E-state index contributed by atoms with van der Waals surface area (Å²) in [6.45, 7) is 2.06. The molecule has 0 spiro atoms. The molecule has 1 aliphatic carbocycles. The van der Waals surface area contributed by atoms with Crippen LogP contribution in [0.4, 0.5) is 0 Å². The maximum Gasteiger partial charge on any atom is 0.230 e. The molecule has 4 nitrogen and oxygen atoms in total. The Bertz CT molecular complexity index is 586. The molecule has 0 bridgehead atoms. The Kier molecular flexibility index (Phi) is 3.83. The second kappa shape index (κ2) is 5.75. The van der Waals surface area contributed by atoms with Crippen molar-refractivity contribution in [2.75, 3.05) is 0 Å². The van der Waals surface area contributed by atoms with Crippen molar-refractivity contribution in [3.05, 3.63) is 35.2 Å². The van der Waals surface area contributed by atoms with Crippen molar-refractivity contribution >= 4 is 0 Å². The normalized spacial score (nSPS) is 16.5. The molecular formula is C16H20N2O2. The second-order valence-electron chi connectivity index (χ2n) is 5.60. The Balaban J connectivity index is 1.85. The van der Waals surface area contributed by atoms with Gasteiger partial charge < -0.3 is 9.63 Å². The average molecular weight is 272 g/mol. The summed E-state index contributed by atoms with van der Waals surface area (Å²) in [7, 11) is 0. The lowest BCUT2D eigenvalue weighted by molar-refractivity contribution is 0.282. The van der Waals surface area contributed by atoms with Crippen molar-refractivity contribution in [3.8, 4) is 11.4 Å². The zero-order valence-electron chi connectivity index (χ0n) is 11.8. The average Bonchev–Trinajstić information content (AvgIpc) is 2.97. The number of aliphatic hydroxyl groups excluding tert-OH is 1. The van der Waals surface area contributed by atoms with Crippen molar-refractivity contribution in [2.24, 2.45) is 0 Å². The Hall–Kier alpha value is -1.68. The molecule has 0 unspecified atom stereocenters. The molecule has 0 saturated heterocycles. The smallest absolute Gasteiger partial charge is 0.230 e. The van der Waals surface area contributed by atoms with E-state index < -0.39 is 0 Å². The van der Waals surface area contributed by atoms with Crippen LogP contribution in [0.25, 0.3) is 11.4 Å². The molecule has 3 rings (SSSR count). The minimum absolute atomic E-state index is 0.0562. The van der Waals surface area contributed by atoms with Crippen LogP contribution in [0.5, 0.6) is 0 Å². The van der Waals surface area contributed by atoms with E-state index >= 15 is 0 Å². The quantitative estimate of drug-likeness (QED) is 0.927. The first-order valence-corrected chi connectivity index (χ1v) is 7.32. The number of benzene rings is 1. The van der Waals surface area contributed by atoms with Gasteiger partial charge in [0.05, 0.1) is 6.61 Å². The summed E-state index contributed by atoms with van der Waals surface area (Å²) in [5, 5.41) is 13.3. The van der Waals surface area contributed by atoms with Gasteiger partial charge in [-0.15, -0.1) is 0 Å². The monoisotopic (exact) mass is 272 g/mol. The molecule has 0 radical (unpaired) electrons. The highest BCUT2D eigenvalue weighted by atomic mass is 16.5. The largest absolute Gasteiger partial charge is 0.392 e. The lowest BCUT2D eigenvalue weighted by Gasteiger charge is -2.17. The van der Waals surface area contributed by atoms with Gasteiger partial charge in [-0.2, -0.15) is 4.98 Å². The van der Waals surface area contributed by atoms with Crippen LogP contribution >= 0.6 is 0 Å². The number of hydrogen-bond acceptors (Lipinski definition) is 4. The maximum atomic E-state index is 9.15. The maximum absolute atomic E-state index is 9.15. The summed E-state index contributed by atoms with van der Waals surface area (Å²) in [6.07, 6.45) is 6.15. The van der Waals surface area contributed by atoms with E-state index in [2.05, 4.69) is 10.1 Å². The summed E-state index contributed by atoms with van der Waals surface area (Å²) >= 11 is 0. The van der Waals surface area contributed by atoms with E-state index in [0.717, 1.165) is 35.4 Å². The molecule has 0 atom stereocenters. The Morgan fingerprint density at radius 1 is 1.25 bits per heavy atom. The third-order valence-corrected chi connectivity index (χ3v) is 4.11. The molecule has 4 heteroatoms. The summed E-state index contributed by atoms with van der Waals surface area (Å²) in [6, 6.07) is 5.82. The number of aromatic nitrogens is 2.